The van der Waals surface area contributed by atoms with Crippen molar-refractivity contribution in [2.75, 3.05) is 0 Å². The maximum Gasteiger partial charge on any atom is 0.177 e. The molecule has 0 fully saturated rings. The molecule has 0 saturated carbocycles. The van der Waals surface area contributed by atoms with Crippen molar-refractivity contribution in [3.8, 4) is 6.07 Å². The van der Waals surface area contributed by atoms with Crippen LogP contribution in [0.15, 0.2) is 10.5 Å². The third-order valence-corrected chi connectivity index (χ3v) is 2.11. The third kappa shape index (κ3) is 1.67. The average Bonchev–Trinajstić information content (AvgIpc) is 1.97. The molecule has 56 valence electrons. The van der Waals surface area contributed by atoms with Crippen molar-refractivity contribution in [1.82, 2.24) is 4.98 Å². The molecule has 0 spiro atoms. The van der Waals surface area contributed by atoms with E-state index in [1.165, 1.54) is 0 Å². The Morgan fingerprint density at radius 1 is 1.73 bits per heavy atom. The molecule has 0 aromatic carbocycles. The first-order valence-electron chi connectivity index (χ1n) is 2.57. The minimum absolute atomic E-state index is 0.0861. The van der Waals surface area contributed by atoms with Crippen molar-refractivity contribution in [3.63, 3.8) is 0 Å². The molecule has 0 amide bonds. The lowest BCUT2D eigenvalue weighted by Crippen LogP contribution is -1.89. The molecular formula is C6HBrClFN2. The minimum Gasteiger partial charge on any atom is -0.221 e. The van der Waals surface area contributed by atoms with E-state index in [2.05, 4.69) is 20.9 Å². The fraction of sp³-hybridized carbons (Fsp3) is 0. The zero-order valence-electron chi connectivity index (χ0n) is 5.11. The second-order valence-corrected chi connectivity index (χ2v) is 2.92. The summed E-state index contributed by atoms with van der Waals surface area (Å²) in [5.41, 5.74) is -0.293. The van der Waals surface area contributed by atoms with Crippen LogP contribution < -0.4 is 0 Å². The first-order valence-corrected chi connectivity index (χ1v) is 3.74. The number of halogens is 3. The van der Waals surface area contributed by atoms with E-state index in [4.69, 9.17) is 16.9 Å². The van der Waals surface area contributed by atoms with Gasteiger partial charge in [-0.3, -0.25) is 0 Å². The highest BCUT2D eigenvalue weighted by Crippen LogP contribution is 2.21. The van der Waals surface area contributed by atoms with E-state index in [0.29, 0.717) is 4.47 Å². The van der Waals surface area contributed by atoms with Crippen LogP contribution in [0.5, 0.6) is 0 Å². The number of nitriles is 1. The third-order valence-electron chi connectivity index (χ3n) is 0.993. The first-order chi connectivity index (χ1) is 5.15. The Kier molecular flexibility index (Phi) is 2.42. The second kappa shape index (κ2) is 3.16. The van der Waals surface area contributed by atoms with Crippen LogP contribution in [0.4, 0.5) is 4.39 Å². The fourth-order valence-electron chi connectivity index (χ4n) is 0.523. The zero-order valence-corrected chi connectivity index (χ0v) is 7.45. The van der Waals surface area contributed by atoms with Gasteiger partial charge in [0.15, 0.2) is 11.5 Å². The van der Waals surface area contributed by atoms with Crippen molar-refractivity contribution in [2.24, 2.45) is 0 Å². The van der Waals surface area contributed by atoms with Gasteiger partial charge in [-0.15, -0.1) is 0 Å². The Morgan fingerprint density at radius 2 is 2.36 bits per heavy atom. The molecule has 0 atom stereocenters. The van der Waals surface area contributed by atoms with Gasteiger partial charge < -0.3 is 0 Å². The first kappa shape index (κ1) is 8.44. The van der Waals surface area contributed by atoms with Gasteiger partial charge in [0, 0.05) is 0 Å². The molecule has 2 nitrogen and oxygen atoms in total. The lowest BCUT2D eigenvalue weighted by atomic mass is 10.4. The minimum atomic E-state index is -0.677. The van der Waals surface area contributed by atoms with Crippen LogP contribution in [0.25, 0.3) is 0 Å². The Bertz CT molecular complexity index is 334. The largest absolute Gasteiger partial charge is 0.221 e. The molecule has 1 aromatic rings. The zero-order chi connectivity index (χ0) is 8.43. The van der Waals surface area contributed by atoms with Crippen LogP contribution >= 0.6 is 27.5 Å². The summed E-state index contributed by atoms with van der Waals surface area (Å²) < 4.78 is 13.0. The molecule has 0 radical (unpaired) electrons. The maximum atomic E-state index is 12.7. The van der Waals surface area contributed by atoms with E-state index >= 15 is 0 Å². The summed E-state index contributed by atoms with van der Waals surface area (Å²) in [5, 5.41) is 8.39. The Hall–Kier alpha value is -0.660. The summed E-state index contributed by atoms with van der Waals surface area (Å²) in [7, 11) is 0. The lowest BCUT2D eigenvalue weighted by molar-refractivity contribution is 0.615. The molecule has 1 aromatic heterocycles. The van der Waals surface area contributed by atoms with Crippen molar-refractivity contribution in [1.29, 1.82) is 5.26 Å². The molecular weight excluding hydrogens is 234 g/mol. The van der Waals surface area contributed by atoms with E-state index in [-0.39, 0.29) is 10.8 Å². The number of aromatic nitrogens is 1. The second-order valence-electron chi connectivity index (χ2n) is 1.70. The SMILES string of the molecule is N#Cc1nc(Cl)c(Br)cc1F. The summed E-state index contributed by atoms with van der Waals surface area (Å²) in [5.74, 6) is -0.677. The lowest BCUT2D eigenvalue weighted by Gasteiger charge is -1.95. The van der Waals surface area contributed by atoms with E-state index < -0.39 is 5.82 Å². The van der Waals surface area contributed by atoms with E-state index in [1.807, 2.05) is 0 Å². The molecule has 0 saturated heterocycles. The highest BCUT2D eigenvalue weighted by molar-refractivity contribution is 9.10. The quantitative estimate of drug-likeness (QED) is 0.648. The summed E-state index contributed by atoms with van der Waals surface area (Å²) in [6, 6.07) is 2.68. The Balaban J connectivity index is 3.35. The monoisotopic (exact) mass is 234 g/mol. The van der Waals surface area contributed by atoms with Crippen LogP contribution in [-0.2, 0) is 0 Å². The summed E-state index contributed by atoms with van der Waals surface area (Å²) in [6.45, 7) is 0. The van der Waals surface area contributed by atoms with Crippen molar-refractivity contribution >= 4 is 27.5 Å². The standard InChI is InChI=1S/C6HBrClFN2/c7-3-1-4(9)5(2-10)11-6(3)8/h1H. The van der Waals surface area contributed by atoms with Gasteiger partial charge in [-0.25, -0.2) is 9.37 Å². The van der Waals surface area contributed by atoms with E-state index in [0.717, 1.165) is 6.07 Å². The topological polar surface area (TPSA) is 36.7 Å². The average molecular weight is 235 g/mol. The van der Waals surface area contributed by atoms with Gasteiger partial charge in [0.25, 0.3) is 0 Å². The normalized spacial score (nSPS) is 9.27. The Labute approximate surface area is 75.7 Å². The molecule has 0 unspecified atom stereocenters. The van der Waals surface area contributed by atoms with Gasteiger partial charge in [-0.2, -0.15) is 5.26 Å². The molecule has 0 aliphatic heterocycles. The summed E-state index contributed by atoms with van der Waals surface area (Å²) >= 11 is 8.45. The fourth-order valence-corrected chi connectivity index (χ4v) is 0.951. The van der Waals surface area contributed by atoms with Crippen LogP contribution in [0, 0.1) is 17.1 Å². The number of hydrogen-bond acceptors (Lipinski definition) is 2. The van der Waals surface area contributed by atoms with Crippen LogP contribution in [0.2, 0.25) is 5.15 Å². The predicted molar refractivity (Wildman–Crippen MR) is 41.6 cm³/mol. The van der Waals surface area contributed by atoms with Gasteiger partial charge in [0.05, 0.1) is 4.47 Å². The molecule has 0 aliphatic carbocycles. The van der Waals surface area contributed by atoms with E-state index in [9.17, 15) is 4.39 Å². The van der Waals surface area contributed by atoms with Crippen molar-refractivity contribution in [3.05, 3.63) is 27.2 Å². The molecule has 5 heteroatoms. The highest BCUT2D eigenvalue weighted by Gasteiger charge is 2.06. The van der Waals surface area contributed by atoms with Crippen LogP contribution in [-0.4, -0.2) is 4.98 Å². The predicted octanol–water partition coefficient (Wildman–Crippen LogP) is 2.51. The van der Waals surface area contributed by atoms with E-state index in [1.54, 1.807) is 6.07 Å². The molecule has 0 bridgehead atoms. The summed E-state index contributed by atoms with van der Waals surface area (Å²) in [4.78, 5) is 3.47. The number of rotatable bonds is 0. The highest BCUT2D eigenvalue weighted by atomic mass is 79.9. The van der Waals surface area contributed by atoms with Crippen LogP contribution in [0.1, 0.15) is 5.69 Å². The summed E-state index contributed by atoms with van der Waals surface area (Å²) in [6.07, 6.45) is 0. The van der Waals surface area contributed by atoms with Gasteiger partial charge in [0.2, 0.25) is 0 Å². The molecule has 0 aliphatic rings. The number of pyridine rings is 1. The van der Waals surface area contributed by atoms with Crippen molar-refractivity contribution < 1.29 is 4.39 Å². The van der Waals surface area contributed by atoms with Gasteiger partial charge in [0.1, 0.15) is 11.2 Å². The van der Waals surface area contributed by atoms with Crippen LogP contribution in [0.3, 0.4) is 0 Å². The number of nitrogens with zero attached hydrogens (tertiary/aromatic N) is 2. The molecule has 1 rings (SSSR count). The molecule has 0 N–H and O–H groups in total. The molecule has 1 heterocycles. The van der Waals surface area contributed by atoms with Gasteiger partial charge in [-0.05, 0) is 22.0 Å². The molecule has 11 heavy (non-hydrogen) atoms. The van der Waals surface area contributed by atoms with Gasteiger partial charge in [-0.1, -0.05) is 11.6 Å². The number of hydrogen-bond donors (Lipinski definition) is 0. The maximum absolute atomic E-state index is 12.7. The van der Waals surface area contributed by atoms with Gasteiger partial charge >= 0.3 is 0 Å². The van der Waals surface area contributed by atoms with Crippen molar-refractivity contribution in [2.45, 2.75) is 0 Å². The smallest absolute Gasteiger partial charge is 0.177 e. The Morgan fingerprint density at radius 3 is 2.91 bits per heavy atom.